The van der Waals surface area contributed by atoms with Gasteiger partial charge < -0.3 is 9.84 Å². The predicted octanol–water partition coefficient (Wildman–Crippen LogP) is 4.85. The van der Waals surface area contributed by atoms with E-state index < -0.39 is 6.10 Å². The molecular formula is C23H25N5O2S2. The van der Waals surface area contributed by atoms with Crippen molar-refractivity contribution in [2.24, 2.45) is 0 Å². The number of aliphatic hydroxyl groups is 1. The van der Waals surface area contributed by atoms with E-state index in [1.54, 1.807) is 35.5 Å². The average Bonchev–Trinajstić information content (AvgIpc) is 3.38. The van der Waals surface area contributed by atoms with Crippen molar-refractivity contribution in [3.63, 3.8) is 0 Å². The summed E-state index contributed by atoms with van der Waals surface area (Å²) >= 11 is 3.19. The molecule has 0 spiro atoms. The summed E-state index contributed by atoms with van der Waals surface area (Å²) in [6, 6.07) is 8.05. The Hall–Kier alpha value is -2.46. The van der Waals surface area contributed by atoms with E-state index in [4.69, 9.17) is 4.74 Å². The summed E-state index contributed by atoms with van der Waals surface area (Å²) in [5.41, 5.74) is 3.07. The van der Waals surface area contributed by atoms with Crippen LogP contribution in [0.4, 0.5) is 0 Å². The maximum atomic E-state index is 10.3. The SMILES string of the molecule is Cc1cnc([C@@H](O)[C@H](C)Sc2nc3ccccc3s2)nc1.Cc1cnc([C@H]2O[C@@H]2C)nc1. The molecule has 1 fully saturated rings. The summed E-state index contributed by atoms with van der Waals surface area (Å²) in [6.45, 7) is 7.88. The van der Waals surface area contributed by atoms with E-state index in [0.29, 0.717) is 11.9 Å². The van der Waals surface area contributed by atoms with E-state index in [0.717, 1.165) is 31.5 Å². The summed E-state index contributed by atoms with van der Waals surface area (Å²) < 4.78 is 7.33. The zero-order valence-corrected chi connectivity index (χ0v) is 20.0. The van der Waals surface area contributed by atoms with Gasteiger partial charge in [0.05, 0.1) is 16.3 Å². The van der Waals surface area contributed by atoms with E-state index in [1.165, 1.54) is 0 Å². The maximum Gasteiger partial charge on any atom is 0.159 e. The number of aliphatic hydroxyl groups excluding tert-OH is 1. The first kappa shape index (κ1) is 22.7. The number of thiazole rings is 1. The average molecular weight is 468 g/mol. The quantitative estimate of drug-likeness (QED) is 0.328. The lowest BCUT2D eigenvalue weighted by atomic mass is 10.2. The van der Waals surface area contributed by atoms with Gasteiger partial charge in [0.2, 0.25) is 0 Å². The molecule has 5 rings (SSSR count). The Labute approximate surface area is 195 Å². The number of aromatic nitrogens is 5. The number of para-hydroxylation sites is 1. The molecule has 0 unspecified atom stereocenters. The van der Waals surface area contributed by atoms with Gasteiger partial charge in [0, 0.05) is 30.0 Å². The first-order valence-electron chi connectivity index (χ1n) is 10.3. The molecule has 1 saturated heterocycles. The molecule has 1 N–H and O–H groups in total. The van der Waals surface area contributed by atoms with Crippen LogP contribution in [0, 0.1) is 13.8 Å². The van der Waals surface area contributed by atoms with E-state index in [9.17, 15) is 5.11 Å². The van der Waals surface area contributed by atoms with Gasteiger partial charge in [-0.15, -0.1) is 11.3 Å². The topological polar surface area (TPSA) is 97.2 Å². The molecule has 1 aliphatic rings. The fourth-order valence-corrected chi connectivity index (χ4v) is 5.23. The molecule has 4 aromatic rings. The summed E-state index contributed by atoms with van der Waals surface area (Å²) in [4.78, 5) is 21.3. The summed E-state index contributed by atoms with van der Waals surface area (Å²) in [7, 11) is 0. The molecule has 0 saturated carbocycles. The normalized spacial score (nSPS) is 19.2. The van der Waals surface area contributed by atoms with Crippen molar-refractivity contribution in [3.05, 3.63) is 71.8 Å². The van der Waals surface area contributed by atoms with Crippen LogP contribution in [0.5, 0.6) is 0 Å². The number of aryl methyl sites for hydroxylation is 2. The second-order valence-corrected chi connectivity index (χ2v) is 10.4. The number of rotatable bonds is 5. The highest BCUT2D eigenvalue weighted by molar-refractivity contribution is 8.01. The van der Waals surface area contributed by atoms with E-state index in [2.05, 4.69) is 31.0 Å². The Morgan fingerprint density at radius 2 is 1.59 bits per heavy atom. The fourth-order valence-electron chi connectivity index (χ4n) is 2.90. The van der Waals surface area contributed by atoms with Crippen molar-refractivity contribution in [1.29, 1.82) is 0 Å². The summed E-state index contributed by atoms with van der Waals surface area (Å²) in [5, 5.41) is 10.3. The van der Waals surface area contributed by atoms with Gasteiger partial charge in [-0.3, -0.25) is 0 Å². The van der Waals surface area contributed by atoms with Crippen LogP contribution in [-0.2, 0) is 4.74 Å². The molecule has 166 valence electrons. The van der Waals surface area contributed by atoms with Crippen LogP contribution in [0.15, 0.2) is 53.4 Å². The molecule has 0 aliphatic carbocycles. The van der Waals surface area contributed by atoms with E-state index in [-0.39, 0.29) is 11.4 Å². The van der Waals surface area contributed by atoms with Crippen LogP contribution in [0.3, 0.4) is 0 Å². The lowest BCUT2D eigenvalue weighted by Crippen LogP contribution is -2.14. The molecular weight excluding hydrogens is 442 g/mol. The van der Waals surface area contributed by atoms with Crippen molar-refractivity contribution < 1.29 is 9.84 Å². The molecule has 4 heterocycles. The molecule has 32 heavy (non-hydrogen) atoms. The molecule has 0 radical (unpaired) electrons. The van der Waals surface area contributed by atoms with Gasteiger partial charge in [0.15, 0.2) is 16.0 Å². The van der Waals surface area contributed by atoms with Crippen LogP contribution in [0.1, 0.15) is 48.8 Å². The van der Waals surface area contributed by atoms with Gasteiger partial charge in [0.25, 0.3) is 0 Å². The molecule has 7 nitrogen and oxygen atoms in total. The van der Waals surface area contributed by atoms with Crippen molar-refractivity contribution in [2.75, 3.05) is 0 Å². The number of epoxide rings is 1. The third kappa shape index (κ3) is 5.66. The van der Waals surface area contributed by atoms with Crippen molar-refractivity contribution in [1.82, 2.24) is 24.9 Å². The van der Waals surface area contributed by atoms with Crippen LogP contribution < -0.4 is 0 Å². The number of benzene rings is 1. The first-order valence-corrected chi connectivity index (χ1v) is 12.0. The Morgan fingerprint density at radius 1 is 1.00 bits per heavy atom. The Balaban J connectivity index is 0.000000186. The van der Waals surface area contributed by atoms with Gasteiger partial charge in [-0.2, -0.15) is 0 Å². The van der Waals surface area contributed by atoms with Crippen LogP contribution >= 0.6 is 23.1 Å². The number of nitrogens with zero attached hydrogens (tertiary/aromatic N) is 5. The monoisotopic (exact) mass is 467 g/mol. The number of fused-ring (bicyclic) bond motifs is 1. The lowest BCUT2D eigenvalue weighted by molar-refractivity contribution is 0.169. The van der Waals surface area contributed by atoms with Crippen LogP contribution in [0.25, 0.3) is 10.2 Å². The van der Waals surface area contributed by atoms with Gasteiger partial charge in [-0.25, -0.2) is 24.9 Å². The van der Waals surface area contributed by atoms with Crippen molar-refractivity contribution >= 4 is 33.3 Å². The highest BCUT2D eigenvalue weighted by atomic mass is 32.2. The Kier molecular flexibility index (Phi) is 7.10. The fraction of sp³-hybridized carbons (Fsp3) is 0.348. The standard InChI is InChI=1S/C15H15N3OS2.C8H10N2O/c1-9-7-16-14(17-8-9)13(19)10(2)20-15-18-11-5-3-4-6-12(11)21-15;1-5-3-9-8(10-4-5)7-6(2)11-7/h3-8,10,13,19H,1-2H3;3-4,6-7H,1-2H3/t10-,13-;6-,7+/m01/s1. The zero-order chi connectivity index (χ0) is 22.7. The van der Waals surface area contributed by atoms with Gasteiger partial charge in [-0.1, -0.05) is 23.9 Å². The van der Waals surface area contributed by atoms with Gasteiger partial charge in [-0.05, 0) is 51.0 Å². The maximum absolute atomic E-state index is 10.3. The minimum Gasteiger partial charge on any atom is -0.384 e. The van der Waals surface area contributed by atoms with E-state index in [1.807, 2.05) is 58.3 Å². The summed E-state index contributed by atoms with van der Waals surface area (Å²) in [6.07, 6.45) is 6.82. The smallest absolute Gasteiger partial charge is 0.159 e. The zero-order valence-electron chi connectivity index (χ0n) is 18.3. The van der Waals surface area contributed by atoms with Crippen molar-refractivity contribution in [3.8, 4) is 0 Å². The van der Waals surface area contributed by atoms with Crippen molar-refractivity contribution in [2.45, 2.75) is 55.6 Å². The highest BCUT2D eigenvalue weighted by Crippen LogP contribution is 2.36. The molecule has 3 aromatic heterocycles. The second-order valence-electron chi connectivity index (χ2n) is 7.71. The molecule has 0 bridgehead atoms. The molecule has 9 heteroatoms. The van der Waals surface area contributed by atoms with Crippen LogP contribution in [-0.4, -0.2) is 41.4 Å². The second kappa shape index (κ2) is 9.99. The van der Waals surface area contributed by atoms with Gasteiger partial charge in [0.1, 0.15) is 12.2 Å². The number of hydrogen-bond acceptors (Lipinski definition) is 9. The highest BCUT2D eigenvalue weighted by Gasteiger charge is 2.38. The molecule has 1 aliphatic heterocycles. The summed E-state index contributed by atoms with van der Waals surface area (Å²) in [5.74, 6) is 1.27. The molecule has 4 atom stereocenters. The minimum atomic E-state index is -0.706. The van der Waals surface area contributed by atoms with Gasteiger partial charge >= 0.3 is 0 Å². The largest absolute Gasteiger partial charge is 0.384 e. The van der Waals surface area contributed by atoms with Crippen LogP contribution in [0.2, 0.25) is 0 Å². The first-order chi connectivity index (χ1) is 15.4. The number of thioether (sulfide) groups is 1. The minimum absolute atomic E-state index is 0.0618. The third-order valence-corrected chi connectivity index (χ3v) is 7.13. The number of hydrogen-bond donors (Lipinski definition) is 1. The Morgan fingerprint density at radius 3 is 2.19 bits per heavy atom. The predicted molar refractivity (Wildman–Crippen MR) is 127 cm³/mol. The number of ether oxygens (including phenoxy) is 1. The third-order valence-electron chi connectivity index (χ3n) is 4.84. The molecule has 1 aromatic carbocycles. The molecule has 0 amide bonds. The van der Waals surface area contributed by atoms with E-state index >= 15 is 0 Å². The Bertz CT molecular complexity index is 1130. The lowest BCUT2D eigenvalue weighted by Gasteiger charge is -2.15.